The van der Waals surface area contributed by atoms with E-state index in [0.29, 0.717) is 11.5 Å². The van der Waals surface area contributed by atoms with Gasteiger partial charge in [-0.1, -0.05) is 60.7 Å². The van der Waals surface area contributed by atoms with Gasteiger partial charge in [-0.25, -0.2) is 8.42 Å². The molecule has 34 heavy (non-hydrogen) atoms. The Hall–Kier alpha value is -4.10. The lowest BCUT2D eigenvalue weighted by Gasteiger charge is -2.23. The number of rotatable bonds is 8. The molecule has 0 saturated carbocycles. The highest BCUT2D eigenvalue weighted by Gasteiger charge is 2.31. The zero-order valence-corrected chi connectivity index (χ0v) is 19.3. The van der Waals surface area contributed by atoms with Crippen LogP contribution in [0.2, 0.25) is 0 Å². The van der Waals surface area contributed by atoms with E-state index >= 15 is 0 Å². The van der Waals surface area contributed by atoms with Crippen molar-refractivity contribution in [3.8, 4) is 22.6 Å². The normalized spacial score (nSPS) is 11.0. The van der Waals surface area contributed by atoms with Crippen LogP contribution in [0.1, 0.15) is 0 Å². The monoisotopic (exact) mass is 473 g/mol. The van der Waals surface area contributed by atoms with Crippen LogP contribution >= 0.6 is 0 Å². The molecule has 0 radical (unpaired) electrons. The highest BCUT2D eigenvalue weighted by molar-refractivity contribution is 7.93. The molecule has 0 aliphatic carbocycles. The van der Waals surface area contributed by atoms with E-state index in [1.54, 1.807) is 42.5 Å². The molecule has 4 aromatic carbocycles. The lowest BCUT2D eigenvalue weighted by atomic mass is 10.1. The number of sulfonamides is 1. The van der Waals surface area contributed by atoms with Crippen LogP contribution in [0.3, 0.4) is 0 Å². The topological polar surface area (TPSA) is 72.9 Å². The van der Waals surface area contributed by atoms with Gasteiger partial charge in [0, 0.05) is 0 Å². The van der Waals surface area contributed by atoms with Gasteiger partial charge < -0.3 is 9.47 Å². The summed E-state index contributed by atoms with van der Waals surface area (Å²) >= 11 is 0. The van der Waals surface area contributed by atoms with Gasteiger partial charge in [0.2, 0.25) is 0 Å². The van der Waals surface area contributed by atoms with Crippen molar-refractivity contribution in [2.45, 2.75) is 4.90 Å². The minimum Gasteiger partial charge on any atom is -0.497 e. The molecule has 0 atom stereocenters. The molecule has 0 aromatic heterocycles. The Kier molecular flexibility index (Phi) is 6.94. The van der Waals surface area contributed by atoms with Crippen molar-refractivity contribution in [3.05, 3.63) is 109 Å². The standard InChI is InChI=1S/C27H23NO5S/c1-32-24-18-14-23(15-19-24)28(34(30,31)26-10-6-3-7-11-26)27(29)20-33-25-16-12-22(13-17-25)21-8-4-2-5-9-21/h2-19H,20H2,1H3. The smallest absolute Gasteiger partial charge is 0.278 e. The van der Waals surface area contributed by atoms with Crippen molar-refractivity contribution in [1.29, 1.82) is 0 Å². The first-order valence-corrected chi connectivity index (χ1v) is 12.0. The zero-order chi connectivity index (χ0) is 24.0. The molecular weight excluding hydrogens is 450 g/mol. The van der Waals surface area contributed by atoms with Crippen LogP contribution in [-0.2, 0) is 14.8 Å². The van der Waals surface area contributed by atoms with Gasteiger partial charge in [-0.15, -0.1) is 0 Å². The third-order valence-corrected chi connectivity index (χ3v) is 6.90. The van der Waals surface area contributed by atoms with Crippen LogP contribution in [0.15, 0.2) is 114 Å². The predicted molar refractivity (Wildman–Crippen MR) is 131 cm³/mol. The molecule has 0 N–H and O–H groups in total. The Bertz CT molecular complexity index is 1340. The first-order chi connectivity index (χ1) is 16.5. The number of anilines is 1. The zero-order valence-electron chi connectivity index (χ0n) is 18.5. The fraction of sp³-hybridized carbons (Fsp3) is 0.0741. The summed E-state index contributed by atoms with van der Waals surface area (Å²) in [6.45, 7) is -0.456. The number of benzene rings is 4. The van der Waals surface area contributed by atoms with Gasteiger partial charge in [-0.05, 0) is 59.7 Å². The molecule has 7 heteroatoms. The second-order valence-corrected chi connectivity index (χ2v) is 9.14. The first kappa shape index (κ1) is 23.1. The Balaban J connectivity index is 1.57. The third kappa shape index (κ3) is 5.10. The van der Waals surface area contributed by atoms with Crippen molar-refractivity contribution in [1.82, 2.24) is 0 Å². The van der Waals surface area contributed by atoms with Crippen LogP contribution in [-0.4, -0.2) is 28.0 Å². The molecule has 4 aromatic rings. The van der Waals surface area contributed by atoms with Gasteiger partial charge in [0.25, 0.3) is 15.9 Å². The molecule has 0 spiro atoms. The molecule has 0 aliphatic rings. The maximum atomic E-state index is 13.4. The summed E-state index contributed by atoms with van der Waals surface area (Å²) in [4.78, 5) is 13.2. The summed E-state index contributed by atoms with van der Waals surface area (Å²) in [6, 6.07) is 31.2. The van der Waals surface area contributed by atoms with Crippen molar-refractivity contribution in [2.24, 2.45) is 0 Å². The minimum atomic E-state index is -4.16. The third-order valence-electron chi connectivity index (χ3n) is 5.14. The van der Waals surface area contributed by atoms with E-state index in [0.717, 1.165) is 15.4 Å². The Morgan fingerprint density at radius 1 is 0.706 bits per heavy atom. The minimum absolute atomic E-state index is 0.00591. The largest absolute Gasteiger partial charge is 0.497 e. The number of amides is 1. The molecular formula is C27H23NO5S. The van der Waals surface area contributed by atoms with Crippen molar-refractivity contribution in [3.63, 3.8) is 0 Å². The molecule has 1 amide bonds. The molecule has 0 bridgehead atoms. The Morgan fingerprint density at radius 3 is 1.82 bits per heavy atom. The van der Waals surface area contributed by atoms with Crippen LogP contribution in [0, 0.1) is 0 Å². The van der Waals surface area contributed by atoms with Crippen molar-refractivity contribution >= 4 is 21.6 Å². The molecule has 0 heterocycles. The summed E-state index contributed by atoms with van der Waals surface area (Å²) in [5.41, 5.74) is 2.26. The maximum Gasteiger partial charge on any atom is 0.278 e. The average Bonchev–Trinajstić information content (AvgIpc) is 2.89. The second-order valence-electron chi connectivity index (χ2n) is 7.35. The van der Waals surface area contributed by atoms with Crippen LogP contribution in [0.5, 0.6) is 11.5 Å². The van der Waals surface area contributed by atoms with Gasteiger partial charge in [-0.2, -0.15) is 4.31 Å². The van der Waals surface area contributed by atoms with Gasteiger partial charge in [0.05, 0.1) is 17.7 Å². The quantitative estimate of drug-likeness (QED) is 0.353. The van der Waals surface area contributed by atoms with Crippen LogP contribution < -0.4 is 13.8 Å². The van der Waals surface area contributed by atoms with E-state index in [1.165, 1.54) is 31.4 Å². The van der Waals surface area contributed by atoms with Crippen LogP contribution in [0.4, 0.5) is 5.69 Å². The highest BCUT2D eigenvalue weighted by Crippen LogP contribution is 2.27. The van der Waals surface area contributed by atoms with Crippen molar-refractivity contribution in [2.75, 3.05) is 18.0 Å². The van der Waals surface area contributed by atoms with Gasteiger partial charge >= 0.3 is 0 Å². The second kappa shape index (κ2) is 10.2. The number of hydrogen-bond donors (Lipinski definition) is 0. The van der Waals surface area contributed by atoms with E-state index in [-0.39, 0.29) is 10.6 Å². The molecule has 0 aliphatic heterocycles. The van der Waals surface area contributed by atoms with E-state index in [4.69, 9.17) is 9.47 Å². The molecule has 172 valence electrons. The van der Waals surface area contributed by atoms with E-state index in [1.807, 2.05) is 42.5 Å². The number of hydrogen-bond acceptors (Lipinski definition) is 5. The molecule has 0 unspecified atom stereocenters. The fourth-order valence-electron chi connectivity index (χ4n) is 3.41. The lowest BCUT2D eigenvalue weighted by molar-refractivity contribution is -0.119. The van der Waals surface area contributed by atoms with Gasteiger partial charge in [0.1, 0.15) is 11.5 Å². The Labute approximate surface area is 199 Å². The fourth-order valence-corrected chi connectivity index (χ4v) is 4.84. The summed E-state index contributed by atoms with van der Waals surface area (Å²) < 4.78 is 38.3. The van der Waals surface area contributed by atoms with E-state index in [9.17, 15) is 13.2 Å². The molecule has 6 nitrogen and oxygen atoms in total. The molecule has 0 fully saturated rings. The summed E-state index contributed by atoms with van der Waals surface area (Å²) in [7, 11) is -2.65. The predicted octanol–water partition coefficient (Wildman–Crippen LogP) is 5.16. The van der Waals surface area contributed by atoms with Gasteiger partial charge in [-0.3, -0.25) is 4.79 Å². The van der Waals surface area contributed by atoms with Crippen LogP contribution in [0.25, 0.3) is 11.1 Å². The highest BCUT2D eigenvalue weighted by atomic mass is 32.2. The number of methoxy groups -OCH3 is 1. The number of ether oxygens (including phenoxy) is 2. The number of nitrogens with zero attached hydrogens (tertiary/aromatic N) is 1. The Morgan fingerprint density at radius 2 is 1.24 bits per heavy atom. The SMILES string of the molecule is COc1ccc(N(C(=O)COc2ccc(-c3ccccc3)cc2)S(=O)(=O)c2ccccc2)cc1. The van der Waals surface area contributed by atoms with E-state index < -0.39 is 22.5 Å². The molecule has 4 rings (SSSR count). The number of carbonyl (C=O) groups is 1. The van der Waals surface area contributed by atoms with Crippen molar-refractivity contribution < 1.29 is 22.7 Å². The lowest BCUT2D eigenvalue weighted by Crippen LogP contribution is -2.40. The number of carbonyl (C=O) groups excluding carboxylic acids is 1. The maximum absolute atomic E-state index is 13.4. The molecule has 0 saturated heterocycles. The van der Waals surface area contributed by atoms with E-state index in [2.05, 4.69) is 0 Å². The summed E-state index contributed by atoms with van der Waals surface area (Å²) in [5, 5.41) is 0. The average molecular weight is 474 g/mol. The first-order valence-electron chi connectivity index (χ1n) is 10.5. The summed E-state index contributed by atoms with van der Waals surface area (Å²) in [5.74, 6) is 0.281. The summed E-state index contributed by atoms with van der Waals surface area (Å²) in [6.07, 6.45) is 0. The van der Waals surface area contributed by atoms with Gasteiger partial charge in [0.15, 0.2) is 6.61 Å².